The first-order chi connectivity index (χ1) is 15.9. The molecule has 0 aliphatic heterocycles. The van der Waals surface area contributed by atoms with Crippen molar-refractivity contribution in [3.8, 4) is 11.4 Å². The van der Waals surface area contributed by atoms with Gasteiger partial charge in [0.2, 0.25) is 5.91 Å². The van der Waals surface area contributed by atoms with Gasteiger partial charge in [-0.2, -0.15) is 5.10 Å². The van der Waals surface area contributed by atoms with Gasteiger partial charge in [0.1, 0.15) is 5.75 Å². The Hall–Kier alpha value is -3.52. The second-order valence-corrected chi connectivity index (χ2v) is 8.24. The summed E-state index contributed by atoms with van der Waals surface area (Å²) in [4.78, 5) is 25.0. The Balaban J connectivity index is 1.60. The molecule has 0 fully saturated rings. The van der Waals surface area contributed by atoms with Gasteiger partial charge in [-0.15, -0.1) is 11.8 Å². The second-order valence-electron chi connectivity index (χ2n) is 7.19. The monoisotopic (exact) mass is 465 g/mol. The molecule has 3 aromatic rings. The molecule has 2 aromatic carbocycles. The van der Waals surface area contributed by atoms with E-state index in [0.29, 0.717) is 12.2 Å². The van der Waals surface area contributed by atoms with Gasteiger partial charge in [-0.3, -0.25) is 4.79 Å². The van der Waals surface area contributed by atoms with Crippen LogP contribution in [0.5, 0.6) is 5.75 Å². The average Bonchev–Trinajstić information content (AvgIpc) is 3.11. The van der Waals surface area contributed by atoms with Crippen LogP contribution >= 0.6 is 11.8 Å². The molecule has 0 radical (unpaired) electrons. The zero-order valence-corrected chi connectivity index (χ0v) is 19.9. The lowest BCUT2D eigenvalue weighted by atomic mass is 10.2. The fraction of sp³-hybridized carbons (Fsp3) is 0.240. The van der Waals surface area contributed by atoms with Gasteiger partial charge in [0.15, 0.2) is 0 Å². The van der Waals surface area contributed by atoms with Crippen LogP contribution in [0.4, 0.5) is 0 Å². The lowest BCUT2D eigenvalue weighted by molar-refractivity contribution is -0.118. The van der Waals surface area contributed by atoms with Crippen LogP contribution in [0.25, 0.3) is 5.69 Å². The van der Waals surface area contributed by atoms with Gasteiger partial charge in [0.05, 0.1) is 31.2 Å². The third-order valence-electron chi connectivity index (χ3n) is 4.93. The van der Waals surface area contributed by atoms with Gasteiger partial charge in [0.25, 0.3) is 0 Å². The number of nitrogens with one attached hydrogen (secondary N) is 1. The predicted molar refractivity (Wildman–Crippen MR) is 131 cm³/mol. The number of aryl methyl sites for hydroxylation is 1. The molecule has 1 amide bonds. The zero-order valence-electron chi connectivity index (χ0n) is 19.1. The SMILES string of the molecule is CCOC(=O)c1ccc(-n2c(C)cc(/C=N/NC(=O)CSc3ccc(OC)cc3)c2C)cc1. The minimum atomic E-state index is -0.335. The molecule has 3 rings (SSSR count). The van der Waals surface area contributed by atoms with Crippen molar-refractivity contribution in [1.29, 1.82) is 0 Å². The van der Waals surface area contributed by atoms with Crippen LogP contribution in [0.2, 0.25) is 0 Å². The number of amides is 1. The number of esters is 1. The van der Waals surface area contributed by atoms with Crippen molar-refractivity contribution < 1.29 is 19.1 Å². The molecule has 1 N–H and O–H groups in total. The molecule has 8 heteroatoms. The summed E-state index contributed by atoms with van der Waals surface area (Å²) in [7, 11) is 1.62. The Labute approximate surface area is 197 Å². The van der Waals surface area contributed by atoms with Crippen LogP contribution in [0.3, 0.4) is 0 Å². The Bertz CT molecular complexity index is 1140. The van der Waals surface area contributed by atoms with Crippen LogP contribution in [0.1, 0.15) is 34.2 Å². The summed E-state index contributed by atoms with van der Waals surface area (Å²) < 4.78 is 12.2. The number of nitrogens with zero attached hydrogens (tertiary/aromatic N) is 2. The number of rotatable bonds is 9. The van der Waals surface area contributed by atoms with Crippen LogP contribution in [-0.4, -0.2) is 42.1 Å². The fourth-order valence-electron chi connectivity index (χ4n) is 3.30. The lowest BCUT2D eigenvalue weighted by Crippen LogP contribution is -2.19. The van der Waals surface area contributed by atoms with Gasteiger partial charge < -0.3 is 14.0 Å². The number of aromatic nitrogens is 1. The lowest BCUT2D eigenvalue weighted by Gasteiger charge is -2.10. The molecule has 7 nitrogen and oxygen atoms in total. The molecule has 1 heterocycles. The van der Waals surface area contributed by atoms with Gasteiger partial charge >= 0.3 is 5.97 Å². The van der Waals surface area contributed by atoms with Crippen molar-refractivity contribution in [3.05, 3.63) is 77.1 Å². The summed E-state index contributed by atoms with van der Waals surface area (Å²) in [6.45, 7) is 6.10. The topological polar surface area (TPSA) is 81.9 Å². The number of methoxy groups -OCH3 is 1. The second kappa shape index (κ2) is 11.4. The highest BCUT2D eigenvalue weighted by Gasteiger charge is 2.11. The van der Waals surface area contributed by atoms with E-state index < -0.39 is 0 Å². The summed E-state index contributed by atoms with van der Waals surface area (Å²) in [6, 6.07) is 16.8. The Kier molecular flexibility index (Phi) is 8.32. The maximum Gasteiger partial charge on any atom is 0.338 e. The van der Waals surface area contributed by atoms with E-state index in [1.807, 2.05) is 56.3 Å². The first-order valence-electron chi connectivity index (χ1n) is 10.5. The third kappa shape index (κ3) is 6.26. The van der Waals surface area contributed by atoms with Gasteiger partial charge in [-0.05, 0) is 75.4 Å². The molecule has 0 aliphatic rings. The van der Waals surface area contributed by atoms with Gasteiger partial charge in [-0.25, -0.2) is 10.2 Å². The number of hydrogen-bond donors (Lipinski definition) is 1. The Morgan fingerprint density at radius 3 is 2.42 bits per heavy atom. The number of hydrogen-bond acceptors (Lipinski definition) is 6. The highest BCUT2D eigenvalue weighted by atomic mass is 32.2. The molecule has 0 aliphatic carbocycles. The molecule has 33 heavy (non-hydrogen) atoms. The standard InChI is InChI=1S/C25H27N3O4S/c1-5-32-25(30)19-6-8-21(9-7-19)28-17(2)14-20(18(28)3)15-26-27-24(29)16-33-23-12-10-22(31-4)11-13-23/h6-15H,5,16H2,1-4H3,(H,27,29)/b26-15+. The van der Waals surface area contributed by atoms with Crippen molar-refractivity contribution in [2.45, 2.75) is 25.7 Å². The summed E-state index contributed by atoms with van der Waals surface area (Å²) in [6.07, 6.45) is 1.64. The molecule has 0 atom stereocenters. The minimum Gasteiger partial charge on any atom is -0.497 e. The largest absolute Gasteiger partial charge is 0.497 e. The zero-order chi connectivity index (χ0) is 23.8. The first-order valence-corrected chi connectivity index (χ1v) is 11.5. The number of carbonyl (C=O) groups excluding carboxylic acids is 2. The normalized spacial score (nSPS) is 10.9. The summed E-state index contributed by atoms with van der Waals surface area (Å²) in [5.41, 5.74) is 6.90. The van der Waals surface area contributed by atoms with Crippen LogP contribution in [0, 0.1) is 13.8 Å². The maximum atomic E-state index is 12.1. The summed E-state index contributed by atoms with van der Waals surface area (Å²) in [5, 5.41) is 4.12. The fourth-order valence-corrected chi connectivity index (χ4v) is 3.99. The van der Waals surface area contributed by atoms with Crippen LogP contribution in [-0.2, 0) is 9.53 Å². The molecule has 0 unspecified atom stereocenters. The van der Waals surface area contributed by atoms with Gasteiger partial charge in [-0.1, -0.05) is 0 Å². The number of carbonyl (C=O) groups is 2. The molecular weight excluding hydrogens is 438 g/mol. The van der Waals surface area contributed by atoms with E-state index >= 15 is 0 Å². The number of benzene rings is 2. The van der Waals surface area contributed by atoms with Crippen molar-refractivity contribution in [3.63, 3.8) is 0 Å². The number of ether oxygens (including phenoxy) is 2. The molecule has 1 aromatic heterocycles. The highest BCUT2D eigenvalue weighted by Crippen LogP contribution is 2.22. The molecule has 0 saturated heterocycles. The average molecular weight is 466 g/mol. The van der Waals surface area contributed by atoms with Crippen molar-refractivity contribution in [1.82, 2.24) is 9.99 Å². The van der Waals surface area contributed by atoms with E-state index in [1.54, 1.807) is 32.4 Å². The summed E-state index contributed by atoms with van der Waals surface area (Å²) in [5.74, 6) is 0.519. The van der Waals surface area contributed by atoms with E-state index in [2.05, 4.69) is 15.1 Å². The molecular formula is C25H27N3O4S. The molecule has 0 bridgehead atoms. The van der Waals surface area contributed by atoms with E-state index in [4.69, 9.17) is 9.47 Å². The van der Waals surface area contributed by atoms with Crippen molar-refractivity contribution in [2.75, 3.05) is 19.5 Å². The van der Waals surface area contributed by atoms with E-state index in [0.717, 1.165) is 33.3 Å². The van der Waals surface area contributed by atoms with Gasteiger partial charge in [0, 0.05) is 27.5 Å². The van der Waals surface area contributed by atoms with Crippen molar-refractivity contribution >= 4 is 29.9 Å². The highest BCUT2D eigenvalue weighted by molar-refractivity contribution is 8.00. The van der Waals surface area contributed by atoms with Crippen molar-refractivity contribution in [2.24, 2.45) is 5.10 Å². The quantitative estimate of drug-likeness (QED) is 0.217. The minimum absolute atomic E-state index is 0.185. The number of thioether (sulfide) groups is 1. The molecule has 172 valence electrons. The third-order valence-corrected chi connectivity index (χ3v) is 5.94. The smallest absolute Gasteiger partial charge is 0.338 e. The maximum absolute atomic E-state index is 12.1. The predicted octanol–water partition coefficient (Wildman–Crippen LogP) is 4.52. The van der Waals surface area contributed by atoms with E-state index in [1.165, 1.54) is 11.8 Å². The Morgan fingerprint density at radius 2 is 1.79 bits per heavy atom. The molecule has 0 saturated carbocycles. The van der Waals surface area contributed by atoms with E-state index in [-0.39, 0.29) is 17.6 Å². The number of hydrazone groups is 1. The van der Waals surface area contributed by atoms with Crippen LogP contribution < -0.4 is 10.2 Å². The molecule has 0 spiro atoms. The Morgan fingerprint density at radius 1 is 1.09 bits per heavy atom. The summed E-state index contributed by atoms with van der Waals surface area (Å²) >= 11 is 1.43. The first kappa shape index (κ1) is 24.1. The van der Waals surface area contributed by atoms with Crippen LogP contribution in [0.15, 0.2) is 64.6 Å². The van der Waals surface area contributed by atoms with E-state index in [9.17, 15) is 9.59 Å².